The van der Waals surface area contributed by atoms with Crippen molar-refractivity contribution in [3.8, 4) is 0 Å². The summed E-state index contributed by atoms with van der Waals surface area (Å²) >= 11 is 0. The highest BCUT2D eigenvalue weighted by Gasteiger charge is 2.28. The van der Waals surface area contributed by atoms with Crippen molar-refractivity contribution in [2.75, 3.05) is 0 Å². The summed E-state index contributed by atoms with van der Waals surface area (Å²) in [7, 11) is 0. The molecule has 0 spiro atoms. The Morgan fingerprint density at radius 1 is 1.24 bits per heavy atom. The Balaban J connectivity index is 1.89. The van der Waals surface area contributed by atoms with Crippen molar-refractivity contribution in [2.24, 2.45) is 5.92 Å². The summed E-state index contributed by atoms with van der Waals surface area (Å²) < 4.78 is 1.38. The topological polar surface area (TPSA) is 122 Å². The number of nitrogens with zero attached hydrogens (tertiary/aromatic N) is 2. The highest BCUT2D eigenvalue weighted by molar-refractivity contribution is 5.87. The number of carboxylic acids is 1. The molecule has 0 amide bonds. The second-order valence-corrected chi connectivity index (χ2v) is 7.69. The number of ketones is 1. The Morgan fingerprint density at radius 3 is 2.55 bits per heavy atom. The van der Waals surface area contributed by atoms with E-state index in [2.05, 4.69) is 9.97 Å². The van der Waals surface area contributed by atoms with Gasteiger partial charge in [-0.05, 0) is 31.4 Å². The van der Waals surface area contributed by atoms with Gasteiger partial charge in [-0.25, -0.2) is 9.59 Å². The van der Waals surface area contributed by atoms with E-state index in [1.165, 1.54) is 35.4 Å². The van der Waals surface area contributed by atoms with Crippen LogP contribution < -0.4 is 11.2 Å². The highest BCUT2D eigenvalue weighted by atomic mass is 16.4. The number of hydrogen-bond acceptors (Lipinski definition) is 5. The third-order valence-corrected chi connectivity index (χ3v) is 5.56. The lowest BCUT2D eigenvalue weighted by Gasteiger charge is -2.27. The molecule has 0 aliphatic heterocycles. The molecule has 1 saturated carbocycles. The average molecular weight is 399 g/mol. The molecule has 8 heteroatoms. The van der Waals surface area contributed by atoms with Gasteiger partial charge in [-0.2, -0.15) is 0 Å². The van der Waals surface area contributed by atoms with Crippen LogP contribution in [0.3, 0.4) is 0 Å². The second kappa shape index (κ2) is 8.98. The highest BCUT2D eigenvalue weighted by Crippen LogP contribution is 2.31. The number of Topliss-reactive ketones (excluding diaryl/α,β-unsaturated/α-hetero) is 1. The third-order valence-electron chi connectivity index (χ3n) is 5.56. The van der Waals surface area contributed by atoms with Crippen LogP contribution in [0.5, 0.6) is 0 Å². The van der Waals surface area contributed by atoms with Gasteiger partial charge in [0.25, 0.3) is 5.56 Å². The molecule has 2 heterocycles. The second-order valence-electron chi connectivity index (χ2n) is 7.69. The zero-order chi connectivity index (χ0) is 21.0. The molecule has 0 radical (unpaired) electrons. The Labute approximate surface area is 167 Å². The number of pyridine rings is 1. The van der Waals surface area contributed by atoms with Gasteiger partial charge in [-0.15, -0.1) is 0 Å². The Hall–Kier alpha value is -3.03. The summed E-state index contributed by atoms with van der Waals surface area (Å²) in [5, 5.41) is 8.99. The average Bonchev–Trinajstić information content (AvgIpc) is 2.67. The molecule has 2 N–H and O–H groups in total. The molecule has 1 atom stereocenters. The summed E-state index contributed by atoms with van der Waals surface area (Å²) in [4.78, 5) is 54.6. The van der Waals surface area contributed by atoms with Gasteiger partial charge in [0.05, 0.1) is 18.0 Å². The molecule has 29 heavy (non-hydrogen) atoms. The first-order valence-corrected chi connectivity index (χ1v) is 9.88. The van der Waals surface area contributed by atoms with Crippen LogP contribution in [0.2, 0.25) is 0 Å². The number of H-pyrrole nitrogens is 1. The normalized spacial score (nSPS) is 15.8. The fourth-order valence-corrected chi connectivity index (χ4v) is 4.08. The number of aromatic nitrogens is 3. The number of carboxylic acid groups (broad SMARTS) is 1. The van der Waals surface area contributed by atoms with Gasteiger partial charge in [0.2, 0.25) is 0 Å². The summed E-state index contributed by atoms with van der Waals surface area (Å²) in [6.07, 6.45) is 7.21. The van der Waals surface area contributed by atoms with Crippen LogP contribution >= 0.6 is 0 Å². The maximum Gasteiger partial charge on any atom is 0.337 e. The minimum absolute atomic E-state index is 0.0116. The molecule has 154 valence electrons. The fraction of sp³-hybridized carbons (Fsp3) is 0.476. The minimum atomic E-state index is -1.08. The molecule has 1 aliphatic carbocycles. The Kier molecular flexibility index (Phi) is 6.41. The molecular weight excluding hydrogens is 374 g/mol. The summed E-state index contributed by atoms with van der Waals surface area (Å²) in [6, 6.07) is 3.55. The molecular formula is C21H25N3O5. The van der Waals surface area contributed by atoms with E-state index in [4.69, 9.17) is 5.11 Å². The van der Waals surface area contributed by atoms with E-state index >= 15 is 0 Å². The van der Waals surface area contributed by atoms with Crippen molar-refractivity contribution < 1.29 is 14.7 Å². The fourth-order valence-electron chi connectivity index (χ4n) is 4.08. The van der Waals surface area contributed by atoms with E-state index in [0.717, 1.165) is 25.7 Å². The lowest BCUT2D eigenvalue weighted by atomic mass is 9.83. The number of hydrogen-bond donors (Lipinski definition) is 2. The van der Waals surface area contributed by atoms with Crippen LogP contribution in [0.1, 0.15) is 66.3 Å². The van der Waals surface area contributed by atoms with Gasteiger partial charge in [-0.3, -0.25) is 24.1 Å². The Morgan fingerprint density at radius 2 is 1.97 bits per heavy atom. The first kappa shape index (κ1) is 20.7. The summed E-state index contributed by atoms with van der Waals surface area (Å²) in [5.74, 6) is -0.914. The Bertz CT molecular complexity index is 1000. The van der Waals surface area contributed by atoms with E-state index in [-0.39, 0.29) is 17.8 Å². The van der Waals surface area contributed by atoms with Crippen LogP contribution in [0.25, 0.3) is 0 Å². The van der Waals surface area contributed by atoms with Gasteiger partial charge >= 0.3 is 11.7 Å². The van der Waals surface area contributed by atoms with Crippen molar-refractivity contribution in [1.29, 1.82) is 0 Å². The molecule has 2 aromatic rings. The van der Waals surface area contributed by atoms with Crippen molar-refractivity contribution in [3.63, 3.8) is 0 Å². The molecule has 1 unspecified atom stereocenters. The predicted molar refractivity (Wildman–Crippen MR) is 106 cm³/mol. The summed E-state index contributed by atoms with van der Waals surface area (Å²) in [6.45, 7) is 1.65. The maximum atomic E-state index is 13.2. The predicted octanol–water partition coefficient (Wildman–Crippen LogP) is 2.26. The number of aromatic amines is 1. The van der Waals surface area contributed by atoms with E-state index in [1.807, 2.05) is 0 Å². The molecule has 0 bridgehead atoms. The van der Waals surface area contributed by atoms with Crippen LogP contribution in [0, 0.1) is 12.8 Å². The number of aromatic carboxylic acids is 1. The zero-order valence-corrected chi connectivity index (χ0v) is 16.4. The lowest BCUT2D eigenvalue weighted by molar-refractivity contribution is -0.122. The van der Waals surface area contributed by atoms with Crippen molar-refractivity contribution in [2.45, 2.75) is 57.9 Å². The lowest BCUT2D eigenvalue weighted by Crippen LogP contribution is -2.38. The van der Waals surface area contributed by atoms with Crippen LogP contribution in [0.15, 0.2) is 34.0 Å². The molecule has 2 aromatic heterocycles. The van der Waals surface area contributed by atoms with E-state index < -0.39 is 23.3 Å². The molecule has 1 fully saturated rings. The molecule has 0 aromatic carbocycles. The van der Waals surface area contributed by atoms with Crippen molar-refractivity contribution >= 4 is 11.8 Å². The quantitative estimate of drug-likeness (QED) is 0.736. The van der Waals surface area contributed by atoms with E-state index in [9.17, 15) is 19.2 Å². The minimum Gasteiger partial charge on any atom is -0.478 e. The van der Waals surface area contributed by atoms with Gasteiger partial charge in [0.15, 0.2) is 5.78 Å². The number of aryl methyl sites for hydroxylation is 1. The third kappa shape index (κ3) is 5.07. The van der Waals surface area contributed by atoms with Gasteiger partial charge in [0, 0.05) is 23.7 Å². The number of carbonyl (C=O) groups excluding carboxylic acids is 1. The smallest absolute Gasteiger partial charge is 0.337 e. The first-order chi connectivity index (χ1) is 13.8. The van der Waals surface area contributed by atoms with Gasteiger partial charge < -0.3 is 5.11 Å². The SMILES string of the molecule is Cc1cc(=O)[nH]c(=O)n1C(CC1CCCCC1)C(=O)Cc1ccc(C(=O)O)cn1. The summed E-state index contributed by atoms with van der Waals surface area (Å²) in [5.41, 5.74) is -0.129. The molecule has 0 saturated heterocycles. The van der Waals surface area contributed by atoms with Crippen LogP contribution in [0.4, 0.5) is 0 Å². The number of nitrogens with one attached hydrogen (secondary N) is 1. The first-order valence-electron chi connectivity index (χ1n) is 9.88. The van der Waals surface area contributed by atoms with Crippen LogP contribution in [-0.2, 0) is 11.2 Å². The van der Waals surface area contributed by atoms with Crippen LogP contribution in [-0.4, -0.2) is 31.4 Å². The van der Waals surface area contributed by atoms with Gasteiger partial charge in [-0.1, -0.05) is 32.1 Å². The van der Waals surface area contributed by atoms with Gasteiger partial charge in [0.1, 0.15) is 0 Å². The molecule has 3 rings (SSSR count). The van der Waals surface area contributed by atoms with Crippen molar-refractivity contribution in [1.82, 2.24) is 14.5 Å². The number of rotatable bonds is 7. The van der Waals surface area contributed by atoms with E-state index in [0.29, 0.717) is 23.7 Å². The number of carbonyl (C=O) groups is 2. The maximum absolute atomic E-state index is 13.2. The standard InChI is InChI=1S/C21H25N3O5/c1-13-9-19(26)23-21(29)24(13)17(10-14-5-3-2-4-6-14)18(25)11-16-8-7-15(12-22-16)20(27)28/h7-9,12,14,17H,2-6,10-11H2,1H3,(H,27,28)(H,23,26,29). The zero-order valence-electron chi connectivity index (χ0n) is 16.4. The molecule has 8 nitrogen and oxygen atoms in total. The largest absolute Gasteiger partial charge is 0.478 e. The molecule has 1 aliphatic rings. The van der Waals surface area contributed by atoms with E-state index in [1.54, 1.807) is 6.92 Å². The monoisotopic (exact) mass is 399 g/mol. The van der Waals surface area contributed by atoms with Crippen molar-refractivity contribution in [3.05, 3.63) is 62.2 Å².